The van der Waals surface area contributed by atoms with Gasteiger partial charge in [-0.3, -0.25) is 4.79 Å². The van der Waals surface area contributed by atoms with Crippen molar-refractivity contribution in [3.63, 3.8) is 0 Å². The molecule has 0 aromatic rings. The highest BCUT2D eigenvalue weighted by molar-refractivity contribution is 5.90. The summed E-state index contributed by atoms with van der Waals surface area (Å²) in [6.45, 7) is 10.4. The Kier molecular flexibility index (Phi) is 6.81. The summed E-state index contributed by atoms with van der Waals surface area (Å²) < 4.78 is 50.0. The number of alkyl carbamates (subject to hydrolysis) is 1. The Morgan fingerprint density at radius 3 is 2.42 bits per heavy atom. The van der Waals surface area contributed by atoms with Crippen LogP contribution in [0.3, 0.4) is 0 Å². The third kappa shape index (κ3) is 5.36. The van der Waals surface area contributed by atoms with Crippen molar-refractivity contribution in [1.29, 1.82) is 5.26 Å². The summed E-state index contributed by atoms with van der Waals surface area (Å²) in [5.74, 6) is -2.72. The lowest BCUT2D eigenvalue weighted by molar-refractivity contribution is -0.223. The predicted molar refractivity (Wildman–Crippen MR) is 129 cm³/mol. The van der Waals surface area contributed by atoms with Gasteiger partial charge in [0.15, 0.2) is 0 Å². The first-order valence-corrected chi connectivity index (χ1v) is 13.1. The normalized spacial score (nSPS) is 35.1. The van der Waals surface area contributed by atoms with Crippen LogP contribution in [-0.4, -0.2) is 58.4 Å². The number of hydrogen-bond acceptors (Lipinski definition) is 6. The number of nitrogens with one attached hydrogen (secondary N) is 1. The van der Waals surface area contributed by atoms with Crippen molar-refractivity contribution < 1.29 is 37.0 Å². The maximum absolute atomic E-state index is 14.3. The van der Waals surface area contributed by atoms with Gasteiger partial charge in [0, 0.05) is 11.8 Å². The molecule has 7 unspecified atom stereocenters. The summed E-state index contributed by atoms with van der Waals surface area (Å²) in [4.78, 5) is 40.7. The minimum Gasteiger partial charge on any atom is -0.453 e. The number of likely N-dealkylation sites (tertiary alicyclic amines) is 1. The van der Waals surface area contributed by atoms with E-state index < -0.39 is 52.8 Å². The average molecular weight is 540 g/mol. The van der Waals surface area contributed by atoms with Crippen LogP contribution >= 0.6 is 0 Å². The molecule has 1 saturated heterocycles. The van der Waals surface area contributed by atoms with Crippen LogP contribution < -0.4 is 5.32 Å². The first-order valence-electron chi connectivity index (χ1n) is 13.1. The number of amides is 2. The number of nitrogens with zero attached hydrogens (tertiary/aromatic N) is 2. The number of carbonyl (C=O) groups is 3. The quantitative estimate of drug-likeness (QED) is 0.407. The van der Waals surface area contributed by atoms with E-state index in [4.69, 9.17) is 9.47 Å². The second-order valence-electron chi connectivity index (χ2n) is 13.0. The molecule has 2 amide bonds. The molecule has 7 atom stereocenters. The number of hydrogen-bond donors (Lipinski definition) is 1. The molecule has 210 valence electrons. The fourth-order valence-corrected chi connectivity index (χ4v) is 7.46. The van der Waals surface area contributed by atoms with Crippen molar-refractivity contribution in [2.24, 2.45) is 17.3 Å². The van der Waals surface area contributed by atoms with Crippen LogP contribution in [-0.2, 0) is 19.1 Å². The monoisotopic (exact) mass is 539 g/mol. The van der Waals surface area contributed by atoms with Gasteiger partial charge >= 0.3 is 18.2 Å². The Morgan fingerprint density at radius 1 is 1.18 bits per heavy atom. The van der Waals surface area contributed by atoms with Crippen molar-refractivity contribution in [1.82, 2.24) is 10.2 Å². The van der Waals surface area contributed by atoms with Crippen LogP contribution in [0.1, 0.15) is 80.1 Å². The summed E-state index contributed by atoms with van der Waals surface area (Å²) in [7, 11) is 0. The first kappa shape index (κ1) is 28.2. The van der Waals surface area contributed by atoms with Crippen molar-refractivity contribution >= 4 is 18.0 Å². The molecular weight excluding hydrogens is 503 g/mol. The van der Waals surface area contributed by atoms with Gasteiger partial charge in [-0.2, -0.15) is 18.4 Å². The van der Waals surface area contributed by atoms with Gasteiger partial charge in [0.05, 0.1) is 12.1 Å². The molecule has 3 fully saturated rings. The van der Waals surface area contributed by atoms with Gasteiger partial charge in [0.2, 0.25) is 5.91 Å². The summed E-state index contributed by atoms with van der Waals surface area (Å²) in [6, 6.07) is 0.0378. The SMILES string of the molecule is CC1=C2CC(C#N)N(C(=O)C(NC(=O)OC(C)(C)C)C34CC(C)CC(CC(C)(OC(=O)C(F)(F)F)C3)C4)C12. The van der Waals surface area contributed by atoms with E-state index in [1.807, 2.05) is 13.8 Å². The molecule has 1 N–H and O–H groups in total. The topological polar surface area (TPSA) is 109 Å². The van der Waals surface area contributed by atoms with E-state index in [1.165, 1.54) is 11.8 Å². The highest BCUT2D eigenvalue weighted by Gasteiger charge is 2.61. The second-order valence-corrected chi connectivity index (χ2v) is 13.0. The number of fused-ring (bicyclic) bond motifs is 3. The molecule has 0 radical (unpaired) electrons. The van der Waals surface area contributed by atoms with E-state index in [2.05, 4.69) is 11.4 Å². The molecule has 0 spiro atoms. The number of carbonyl (C=O) groups excluding carboxylic acids is 3. The van der Waals surface area contributed by atoms with Gasteiger partial charge < -0.3 is 19.7 Å². The van der Waals surface area contributed by atoms with E-state index in [0.717, 1.165) is 11.1 Å². The predicted octanol–water partition coefficient (Wildman–Crippen LogP) is 4.78. The molecule has 0 aromatic heterocycles. The molecular formula is C27H36F3N3O5. The van der Waals surface area contributed by atoms with Crippen LogP contribution in [0.15, 0.2) is 11.1 Å². The molecule has 8 nitrogen and oxygen atoms in total. The van der Waals surface area contributed by atoms with Crippen molar-refractivity contribution in [3.8, 4) is 6.07 Å². The maximum atomic E-state index is 14.3. The van der Waals surface area contributed by atoms with E-state index in [1.54, 1.807) is 20.8 Å². The zero-order valence-electron chi connectivity index (χ0n) is 22.7. The van der Waals surface area contributed by atoms with Gasteiger partial charge in [-0.15, -0.1) is 0 Å². The van der Waals surface area contributed by atoms with E-state index in [0.29, 0.717) is 25.7 Å². The Morgan fingerprint density at radius 2 is 1.84 bits per heavy atom. The molecule has 38 heavy (non-hydrogen) atoms. The van der Waals surface area contributed by atoms with Crippen LogP contribution in [0.25, 0.3) is 0 Å². The molecule has 0 aromatic carbocycles. The molecule has 4 aliphatic rings. The second kappa shape index (κ2) is 9.16. The Labute approximate surface area is 220 Å². The Bertz CT molecular complexity index is 1100. The summed E-state index contributed by atoms with van der Waals surface area (Å²) in [5.41, 5.74) is -1.30. The average Bonchev–Trinajstić information content (AvgIpc) is 3.18. The molecule has 3 aliphatic carbocycles. The lowest BCUT2D eigenvalue weighted by Crippen LogP contribution is -2.64. The lowest BCUT2D eigenvalue weighted by atomic mass is 9.52. The molecule has 1 heterocycles. The number of ether oxygens (including phenoxy) is 2. The van der Waals surface area contributed by atoms with E-state index >= 15 is 0 Å². The minimum absolute atomic E-state index is 0.0378. The lowest BCUT2D eigenvalue weighted by Gasteiger charge is -2.56. The molecule has 4 rings (SSSR count). The molecule has 2 bridgehead atoms. The summed E-state index contributed by atoms with van der Waals surface area (Å²) in [6.07, 6.45) is -3.75. The summed E-state index contributed by atoms with van der Waals surface area (Å²) >= 11 is 0. The van der Waals surface area contributed by atoms with Crippen LogP contribution in [0.2, 0.25) is 0 Å². The third-order valence-corrected chi connectivity index (χ3v) is 8.32. The molecule has 11 heteroatoms. The fourth-order valence-electron chi connectivity index (χ4n) is 7.46. The van der Waals surface area contributed by atoms with Crippen molar-refractivity contribution in [2.75, 3.05) is 0 Å². The largest absolute Gasteiger partial charge is 0.490 e. The highest BCUT2D eigenvalue weighted by atomic mass is 19.4. The van der Waals surface area contributed by atoms with Gasteiger partial charge in [-0.25, -0.2) is 9.59 Å². The van der Waals surface area contributed by atoms with Gasteiger partial charge in [0.1, 0.15) is 23.3 Å². The number of alkyl halides is 3. The smallest absolute Gasteiger partial charge is 0.453 e. The minimum atomic E-state index is -5.15. The Balaban J connectivity index is 1.72. The standard InChI is InChI=1S/C27H36F3N3O5/c1-14-7-16-10-25(6,37-22(35)27(28,29)30)13-26(9-14,11-16)20(32-23(36)38-24(3,4)5)21(34)33-17(12-31)8-18-15(2)19(18)33/h14,16-17,19-20H,7-11,13H2,1-6H3,(H,32,36). The van der Waals surface area contributed by atoms with Gasteiger partial charge in [-0.05, 0) is 89.7 Å². The molecule has 1 aliphatic heterocycles. The first-order chi connectivity index (χ1) is 17.4. The zero-order valence-corrected chi connectivity index (χ0v) is 22.7. The zero-order chi connectivity index (χ0) is 28.4. The van der Waals surface area contributed by atoms with Crippen molar-refractivity contribution in [2.45, 2.75) is 116 Å². The number of esters is 1. The van der Waals surface area contributed by atoms with E-state index in [9.17, 15) is 32.8 Å². The van der Waals surface area contributed by atoms with Crippen LogP contribution in [0.5, 0.6) is 0 Å². The Hall–Kier alpha value is -2.77. The van der Waals surface area contributed by atoms with Crippen LogP contribution in [0, 0.1) is 28.6 Å². The number of rotatable bonds is 4. The maximum Gasteiger partial charge on any atom is 0.490 e. The fraction of sp³-hybridized carbons (Fsp3) is 0.778. The van der Waals surface area contributed by atoms with Gasteiger partial charge in [0.25, 0.3) is 0 Å². The highest BCUT2D eigenvalue weighted by Crippen LogP contribution is 2.58. The van der Waals surface area contributed by atoms with Crippen LogP contribution in [0.4, 0.5) is 18.0 Å². The van der Waals surface area contributed by atoms with E-state index in [-0.39, 0.29) is 30.7 Å². The third-order valence-electron chi connectivity index (χ3n) is 8.32. The molecule has 2 saturated carbocycles. The van der Waals surface area contributed by atoms with Crippen molar-refractivity contribution in [3.05, 3.63) is 11.1 Å². The number of nitriles is 1. The number of halogens is 3. The van der Waals surface area contributed by atoms with Gasteiger partial charge in [-0.1, -0.05) is 6.92 Å². The summed E-state index contributed by atoms with van der Waals surface area (Å²) in [5, 5.41) is 12.5.